The zero-order valence-corrected chi connectivity index (χ0v) is 29.5. The first-order valence-corrected chi connectivity index (χ1v) is 17.4. The molecule has 1 saturated heterocycles. The van der Waals surface area contributed by atoms with Crippen molar-refractivity contribution in [3.63, 3.8) is 0 Å². The van der Waals surface area contributed by atoms with Gasteiger partial charge < -0.3 is 9.47 Å². The molecule has 0 radical (unpaired) electrons. The van der Waals surface area contributed by atoms with Gasteiger partial charge in [0, 0.05) is 30.6 Å². The van der Waals surface area contributed by atoms with E-state index in [1.54, 1.807) is 67.8 Å². The number of esters is 1. The van der Waals surface area contributed by atoms with E-state index in [1.807, 2.05) is 13.0 Å². The van der Waals surface area contributed by atoms with Gasteiger partial charge in [-0.05, 0) is 85.3 Å². The van der Waals surface area contributed by atoms with Crippen LogP contribution in [-0.2, 0) is 14.3 Å². The van der Waals surface area contributed by atoms with Crippen molar-refractivity contribution in [1.29, 1.82) is 0 Å². The Bertz CT molecular complexity index is 1900. The number of ketones is 1. The minimum Gasteiger partial charge on any atom is -0.497 e. The van der Waals surface area contributed by atoms with Gasteiger partial charge in [0.1, 0.15) is 5.75 Å². The molecule has 0 N–H and O–H groups in total. The summed E-state index contributed by atoms with van der Waals surface area (Å²) in [6.45, 7) is 1.47. The molecule has 4 aromatic rings. The van der Waals surface area contributed by atoms with Gasteiger partial charge in [0.25, 0.3) is 0 Å². The number of carbonyl (C=O) groups excluding carboxylic acids is 4. The molecule has 8 nitrogen and oxygen atoms in total. The number of imide groups is 1. The Morgan fingerprint density at radius 1 is 0.913 bits per heavy atom. The summed E-state index contributed by atoms with van der Waals surface area (Å²) in [5.41, 5.74) is 3.84. The number of alkyl halides is 2. The van der Waals surface area contributed by atoms with Gasteiger partial charge in [0.2, 0.25) is 11.8 Å². The largest absolute Gasteiger partial charge is 0.497 e. The number of rotatable bonds is 7. The second-order valence-electron chi connectivity index (χ2n) is 12.0. The van der Waals surface area contributed by atoms with Gasteiger partial charge in [-0.25, -0.2) is 9.78 Å². The molecular formula is C35H27Br3N2O6. The first-order chi connectivity index (χ1) is 22.1. The number of amides is 2. The Morgan fingerprint density at radius 2 is 1.54 bits per heavy atom. The number of pyridine rings is 1. The van der Waals surface area contributed by atoms with E-state index in [1.165, 1.54) is 4.90 Å². The van der Waals surface area contributed by atoms with E-state index in [0.717, 1.165) is 16.5 Å². The molecule has 1 aromatic heterocycles. The van der Waals surface area contributed by atoms with Crippen LogP contribution in [-0.4, -0.2) is 51.9 Å². The lowest BCUT2D eigenvalue weighted by Crippen LogP contribution is -2.37. The average molecular weight is 811 g/mol. The van der Waals surface area contributed by atoms with Gasteiger partial charge in [0.15, 0.2) is 12.4 Å². The van der Waals surface area contributed by atoms with Gasteiger partial charge in [-0.15, -0.1) is 0 Å². The summed E-state index contributed by atoms with van der Waals surface area (Å²) in [4.78, 5) is 59.8. The summed E-state index contributed by atoms with van der Waals surface area (Å²) in [6, 6.07) is 19.0. The van der Waals surface area contributed by atoms with Crippen LogP contribution in [0.3, 0.4) is 0 Å². The fourth-order valence-electron chi connectivity index (χ4n) is 7.23. The summed E-state index contributed by atoms with van der Waals surface area (Å²) >= 11 is 11.0. The Morgan fingerprint density at radius 3 is 2.15 bits per heavy atom. The number of carbonyl (C=O) groups is 4. The van der Waals surface area contributed by atoms with Crippen LogP contribution < -0.4 is 9.64 Å². The maximum absolute atomic E-state index is 13.5. The van der Waals surface area contributed by atoms with Gasteiger partial charge in [0.05, 0.1) is 41.4 Å². The number of benzene rings is 3. The molecule has 7 rings (SSSR count). The van der Waals surface area contributed by atoms with Crippen LogP contribution >= 0.6 is 47.8 Å². The van der Waals surface area contributed by atoms with Crippen LogP contribution in [0, 0.1) is 30.6 Å². The summed E-state index contributed by atoms with van der Waals surface area (Å²) in [5.74, 6) is -0.999. The number of ether oxygens (including phenoxy) is 2. The van der Waals surface area contributed by atoms with Gasteiger partial charge in [-0.3, -0.25) is 19.3 Å². The highest BCUT2D eigenvalue weighted by Crippen LogP contribution is 2.60. The standard InChI is InChI=1S/C35H27Br3N2O6/c1-16-11-19(36)12-22-23(35(44)46-15-27(41)18-5-9-21(45-2)10-6-18)14-26(39-32(16)22)17-3-7-20(8-4-17)40-33(42)28-24-13-25(29(28)34(40)43)31(38)30(24)37/h3-12,14,24-25,28-31H,13,15H2,1-2H3. The number of fused-ring (bicyclic) bond motifs is 6. The highest BCUT2D eigenvalue weighted by atomic mass is 79.9. The molecule has 3 aliphatic rings. The second kappa shape index (κ2) is 12.0. The lowest BCUT2D eigenvalue weighted by atomic mass is 9.81. The van der Waals surface area contributed by atoms with Crippen LogP contribution in [0.4, 0.5) is 5.69 Å². The topological polar surface area (TPSA) is 103 Å². The zero-order chi connectivity index (χ0) is 32.4. The number of nitrogens with zero attached hydrogens (tertiary/aromatic N) is 2. The highest BCUT2D eigenvalue weighted by molar-refractivity contribution is 9.12. The number of aromatic nitrogens is 1. The molecule has 6 unspecified atom stereocenters. The average Bonchev–Trinajstić information content (AvgIpc) is 3.67. The van der Waals surface area contributed by atoms with E-state index >= 15 is 0 Å². The molecule has 46 heavy (non-hydrogen) atoms. The maximum atomic E-state index is 13.5. The lowest BCUT2D eigenvalue weighted by Gasteiger charge is -2.28. The molecule has 11 heteroatoms. The predicted octanol–water partition coefficient (Wildman–Crippen LogP) is 7.30. The summed E-state index contributed by atoms with van der Waals surface area (Å²) in [5, 5.41) is 0.582. The van der Waals surface area contributed by atoms with E-state index in [2.05, 4.69) is 47.8 Å². The minimum atomic E-state index is -0.658. The molecule has 3 fully saturated rings. The van der Waals surface area contributed by atoms with Crippen LogP contribution in [0.2, 0.25) is 0 Å². The maximum Gasteiger partial charge on any atom is 0.339 e. The first-order valence-electron chi connectivity index (χ1n) is 14.8. The van der Waals surface area contributed by atoms with Crippen molar-refractivity contribution in [2.45, 2.75) is 23.0 Å². The second-order valence-corrected chi connectivity index (χ2v) is 15.0. The SMILES string of the molecule is COc1ccc(C(=O)COC(=O)c2cc(-c3ccc(N4C(=O)C5C6CC(C(Br)C6Br)C5C4=O)cc3)nc3c(C)cc(Br)cc23)cc1. The van der Waals surface area contributed by atoms with Crippen LogP contribution in [0.15, 0.2) is 71.2 Å². The predicted molar refractivity (Wildman–Crippen MR) is 184 cm³/mol. The molecule has 2 bridgehead atoms. The van der Waals surface area contributed by atoms with Crippen molar-refractivity contribution in [2.75, 3.05) is 18.6 Å². The summed E-state index contributed by atoms with van der Waals surface area (Å²) in [7, 11) is 1.54. The number of hydrogen-bond donors (Lipinski definition) is 0. The molecule has 3 aromatic carbocycles. The normalized spacial score (nSPS) is 24.8. The molecule has 2 heterocycles. The molecule has 2 amide bonds. The quantitative estimate of drug-likeness (QED) is 0.0836. The first kappa shape index (κ1) is 31.2. The number of hydrogen-bond acceptors (Lipinski definition) is 7. The molecule has 2 saturated carbocycles. The van der Waals surface area contributed by atoms with Crippen molar-refractivity contribution in [1.82, 2.24) is 4.98 Å². The monoisotopic (exact) mass is 808 g/mol. The number of aryl methyl sites for hydroxylation is 1. The van der Waals surface area contributed by atoms with E-state index in [9.17, 15) is 19.2 Å². The Balaban J connectivity index is 1.17. The third kappa shape index (κ3) is 5.11. The van der Waals surface area contributed by atoms with Crippen LogP contribution in [0.1, 0.15) is 32.7 Å². The van der Waals surface area contributed by atoms with Crippen molar-refractivity contribution in [2.24, 2.45) is 23.7 Å². The molecule has 2 aliphatic carbocycles. The zero-order valence-electron chi connectivity index (χ0n) is 24.7. The number of halogens is 3. The number of methoxy groups -OCH3 is 1. The molecule has 6 atom stereocenters. The number of anilines is 1. The Hall–Kier alpha value is -3.41. The summed E-state index contributed by atoms with van der Waals surface area (Å²) < 4.78 is 11.4. The minimum absolute atomic E-state index is 0.134. The van der Waals surface area contributed by atoms with Crippen molar-refractivity contribution < 1.29 is 28.7 Å². The molecular weight excluding hydrogens is 784 g/mol. The smallest absolute Gasteiger partial charge is 0.339 e. The van der Waals surface area contributed by atoms with E-state index in [0.29, 0.717) is 39.2 Å². The number of Topliss-reactive ketones (excluding diaryl/α,β-unsaturated/α-hetero) is 1. The molecule has 1 aliphatic heterocycles. The van der Waals surface area contributed by atoms with E-state index in [4.69, 9.17) is 14.5 Å². The van der Waals surface area contributed by atoms with Crippen LogP contribution in [0.25, 0.3) is 22.2 Å². The lowest BCUT2D eigenvalue weighted by molar-refractivity contribution is -0.123. The highest BCUT2D eigenvalue weighted by Gasteiger charge is 2.66. The van der Waals surface area contributed by atoms with Crippen LogP contribution in [0.5, 0.6) is 5.75 Å². The fraction of sp³-hybridized carbons (Fsp3) is 0.286. The van der Waals surface area contributed by atoms with Gasteiger partial charge >= 0.3 is 5.97 Å². The fourth-order valence-corrected chi connectivity index (χ4v) is 9.67. The van der Waals surface area contributed by atoms with Gasteiger partial charge in [-0.1, -0.05) is 59.9 Å². The Labute approximate surface area is 290 Å². The third-order valence-electron chi connectivity index (χ3n) is 9.44. The van der Waals surface area contributed by atoms with Crippen molar-refractivity contribution in [3.05, 3.63) is 87.9 Å². The van der Waals surface area contributed by atoms with Crippen molar-refractivity contribution in [3.8, 4) is 17.0 Å². The Kier molecular flexibility index (Phi) is 8.13. The van der Waals surface area contributed by atoms with Crippen molar-refractivity contribution >= 4 is 87.9 Å². The van der Waals surface area contributed by atoms with Gasteiger partial charge in [-0.2, -0.15) is 0 Å². The molecule has 234 valence electrons. The third-order valence-corrected chi connectivity index (χ3v) is 13.1. The summed E-state index contributed by atoms with van der Waals surface area (Å²) in [6.07, 6.45) is 0.870. The van der Waals surface area contributed by atoms with E-state index in [-0.39, 0.29) is 56.5 Å². The van der Waals surface area contributed by atoms with E-state index < -0.39 is 12.6 Å². The molecule has 0 spiro atoms.